The summed E-state index contributed by atoms with van der Waals surface area (Å²) in [6.07, 6.45) is 3.70. The van der Waals surface area contributed by atoms with Crippen LogP contribution in [0.4, 0.5) is 0 Å². The molecule has 1 saturated heterocycles. The number of hydrogen-bond acceptors (Lipinski definition) is 3. The summed E-state index contributed by atoms with van der Waals surface area (Å²) in [6.45, 7) is 5.92. The second kappa shape index (κ2) is 6.39. The van der Waals surface area contributed by atoms with Crippen LogP contribution in [0.15, 0.2) is 0 Å². The highest BCUT2D eigenvalue weighted by Crippen LogP contribution is 2.35. The maximum absolute atomic E-state index is 12.4. The number of carbonyl (C=O) groups excluding carboxylic acids is 1. The summed E-state index contributed by atoms with van der Waals surface area (Å²) in [4.78, 5) is 14.5. The zero-order valence-corrected chi connectivity index (χ0v) is 13.1. The van der Waals surface area contributed by atoms with E-state index >= 15 is 0 Å². The van der Waals surface area contributed by atoms with E-state index in [-0.39, 0.29) is 11.9 Å². The van der Waals surface area contributed by atoms with Gasteiger partial charge in [0.1, 0.15) is 0 Å². The van der Waals surface area contributed by atoms with Gasteiger partial charge < -0.3 is 10.2 Å². The number of aromatic nitrogens is 2. The third-order valence-corrected chi connectivity index (χ3v) is 4.29. The molecule has 1 aliphatic heterocycles. The lowest BCUT2D eigenvalue weighted by atomic mass is 10.0. The molecule has 1 aliphatic rings. The molecule has 5 heteroatoms. The highest BCUT2D eigenvalue weighted by atomic mass is 16.2. The van der Waals surface area contributed by atoms with Gasteiger partial charge in [0.15, 0.2) is 0 Å². The monoisotopic (exact) mass is 278 g/mol. The minimum atomic E-state index is 0.228. The highest BCUT2D eigenvalue weighted by molar-refractivity contribution is 5.77. The predicted molar refractivity (Wildman–Crippen MR) is 79.5 cm³/mol. The summed E-state index contributed by atoms with van der Waals surface area (Å²) in [6, 6.07) is 0.228. The Hall–Kier alpha value is -1.36. The number of aryl methyl sites for hydroxylation is 2. The minimum absolute atomic E-state index is 0.228. The lowest BCUT2D eigenvalue weighted by molar-refractivity contribution is -0.132. The topological polar surface area (TPSA) is 50.2 Å². The van der Waals surface area contributed by atoms with Crippen LogP contribution in [0.25, 0.3) is 0 Å². The van der Waals surface area contributed by atoms with Crippen molar-refractivity contribution in [1.29, 1.82) is 0 Å². The summed E-state index contributed by atoms with van der Waals surface area (Å²) in [5, 5.41) is 7.59. The van der Waals surface area contributed by atoms with E-state index in [0.29, 0.717) is 6.42 Å². The van der Waals surface area contributed by atoms with Gasteiger partial charge in [0.25, 0.3) is 0 Å². The summed E-state index contributed by atoms with van der Waals surface area (Å²) < 4.78 is 1.92. The number of amides is 1. The first kappa shape index (κ1) is 15.0. The van der Waals surface area contributed by atoms with Crippen LogP contribution in [-0.4, -0.2) is 40.7 Å². The maximum Gasteiger partial charge on any atom is 0.223 e. The van der Waals surface area contributed by atoms with Gasteiger partial charge in [-0.1, -0.05) is 0 Å². The normalized spacial score (nSPS) is 18.8. The molecule has 20 heavy (non-hydrogen) atoms. The van der Waals surface area contributed by atoms with Gasteiger partial charge in [-0.05, 0) is 46.7 Å². The summed E-state index contributed by atoms with van der Waals surface area (Å²) in [7, 11) is 3.89. The Morgan fingerprint density at radius 2 is 2.20 bits per heavy atom. The number of hydrogen-bond donors (Lipinski definition) is 1. The molecule has 0 bridgehead atoms. The van der Waals surface area contributed by atoms with Crippen LogP contribution in [0.5, 0.6) is 0 Å². The first-order valence-electron chi connectivity index (χ1n) is 7.50. The molecule has 0 aliphatic carbocycles. The molecular formula is C15H26N4O. The lowest BCUT2D eigenvalue weighted by Gasteiger charge is -2.25. The van der Waals surface area contributed by atoms with Crippen molar-refractivity contribution in [2.24, 2.45) is 7.05 Å². The predicted octanol–water partition coefficient (Wildman–Crippen LogP) is 1.70. The van der Waals surface area contributed by atoms with Crippen LogP contribution in [0, 0.1) is 13.8 Å². The average molecular weight is 278 g/mol. The van der Waals surface area contributed by atoms with E-state index in [1.165, 1.54) is 11.3 Å². The first-order chi connectivity index (χ1) is 9.56. The quantitative estimate of drug-likeness (QED) is 0.834. The fraction of sp³-hybridized carbons (Fsp3) is 0.733. The Morgan fingerprint density at radius 1 is 1.45 bits per heavy atom. The van der Waals surface area contributed by atoms with Crippen molar-refractivity contribution >= 4 is 5.91 Å². The molecule has 1 N–H and O–H groups in total. The van der Waals surface area contributed by atoms with Crippen molar-refractivity contribution in [3.8, 4) is 0 Å². The second-order valence-electron chi connectivity index (χ2n) is 5.66. The third-order valence-electron chi connectivity index (χ3n) is 4.29. The largest absolute Gasteiger partial charge is 0.336 e. The van der Waals surface area contributed by atoms with Gasteiger partial charge >= 0.3 is 0 Å². The highest BCUT2D eigenvalue weighted by Gasteiger charge is 2.32. The van der Waals surface area contributed by atoms with Crippen LogP contribution in [0.1, 0.15) is 48.7 Å². The summed E-state index contributed by atoms with van der Waals surface area (Å²) >= 11 is 0. The van der Waals surface area contributed by atoms with E-state index in [0.717, 1.165) is 38.0 Å². The van der Waals surface area contributed by atoms with Crippen LogP contribution >= 0.6 is 0 Å². The van der Waals surface area contributed by atoms with Crippen molar-refractivity contribution in [3.63, 3.8) is 0 Å². The van der Waals surface area contributed by atoms with Gasteiger partial charge in [-0.15, -0.1) is 0 Å². The molecule has 5 nitrogen and oxygen atoms in total. The van der Waals surface area contributed by atoms with Crippen LogP contribution < -0.4 is 5.32 Å². The summed E-state index contributed by atoms with van der Waals surface area (Å²) in [5.41, 5.74) is 3.50. The van der Waals surface area contributed by atoms with E-state index in [1.807, 2.05) is 25.7 Å². The van der Waals surface area contributed by atoms with Gasteiger partial charge in [0, 0.05) is 31.3 Å². The number of likely N-dealkylation sites (tertiary alicyclic amines) is 1. The van der Waals surface area contributed by atoms with E-state index in [9.17, 15) is 4.79 Å². The first-order valence-corrected chi connectivity index (χ1v) is 7.50. The Bertz CT molecular complexity index is 480. The average Bonchev–Trinajstić information content (AvgIpc) is 2.96. The van der Waals surface area contributed by atoms with Gasteiger partial charge in [-0.25, -0.2) is 0 Å². The van der Waals surface area contributed by atoms with E-state index in [4.69, 9.17) is 0 Å². The molecule has 0 saturated carbocycles. The number of rotatable bonds is 5. The van der Waals surface area contributed by atoms with Crippen molar-refractivity contribution in [3.05, 3.63) is 17.0 Å². The Labute approximate surface area is 121 Å². The molecule has 0 radical (unpaired) electrons. The maximum atomic E-state index is 12.4. The molecular weight excluding hydrogens is 252 g/mol. The van der Waals surface area contributed by atoms with E-state index in [1.54, 1.807) is 0 Å². The van der Waals surface area contributed by atoms with Crippen molar-refractivity contribution in [2.45, 2.75) is 45.6 Å². The molecule has 1 aromatic heterocycles. The lowest BCUT2D eigenvalue weighted by Crippen LogP contribution is -2.31. The van der Waals surface area contributed by atoms with E-state index in [2.05, 4.69) is 22.2 Å². The second-order valence-corrected chi connectivity index (χ2v) is 5.66. The zero-order chi connectivity index (χ0) is 14.7. The molecule has 112 valence electrons. The summed E-state index contributed by atoms with van der Waals surface area (Å²) in [5.74, 6) is 0.283. The van der Waals surface area contributed by atoms with Gasteiger partial charge in [-0.3, -0.25) is 9.48 Å². The molecule has 0 spiro atoms. The molecule has 1 unspecified atom stereocenters. The SMILES string of the molecule is CNCCCC(=O)N1CCCC1c1c(C)nn(C)c1C. The van der Waals surface area contributed by atoms with Crippen molar-refractivity contribution < 1.29 is 4.79 Å². The zero-order valence-electron chi connectivity index (χ0n) is 13.1. The Morgan fingerprint density at radius 3 is 2.80 bits per heavy atom. The van der Waals surface area contributed by atoms with Gasteiger partial charge in [0.05, 0.1) is 11.7 Å². The Kier molecular flexibility index (Phi) is 4.81. The smallest absolute Gasteiger partial charge is 0.223 e. The molecule has 1 fully saturated rings. The number of carbonyl (C=O) groups is 1. The standard InChI is InChI=1S/C15H26N4O/c1-11-15(12(2)18(4)17-11)13-7-6-10-19(13)14(20)8-5-9-16-3/h13,16H,5-10H2,1-4H3. The molecule has 1 atom stereocenters. The fourth-order valence-electron chi connectivity index (χ4n) is 3.20. The van der Waals surface area contributed by atoms with Gasteiger partial charge in [-0.2, -0.15) is 5.10 Å². The van der Waals surface area contributed by atoms with Crippen LogP contribution in [-0.2, 0) is 11.8 Å². The van der Waals surface area contributed by atoms with Crippen molar-refractivity contribution in [1.82, 2.24) is 20.0 Å². The van der Waals surface area contributed by atoms with Crippen molar-refractivity contribution in [2.75, 3.05) is 20.1 Å². The third kappa shape index (κ3) is 2.87. The Balaban J connectivity index is 2.12. The van der Waals surface area contributed by atoms with Crippen LogP contribution in [0.2, 0.25) is 0 Å². The fourth-order valence-corrected chi connectivity index (χ4v) is 3.20. The number of nitrogens with zero attached hydrogens (tertiary/aromatic N) is 3. The van der Waals surface area contributed by atoms with E-state index < -0.39 is 0 Å². The van der Waals surface area contributed by atoms with Gasteiger partial charge in [0.2, 0.25) is 5.91 Å². The van der Waals surface area contributed by atoms with Crippen LogP contribution in [0.3, 0.4) is 0 Å². The minimum Gasteiger partial charge on any atom is -0.336 e. The molecule has 2 rings (SSSR count). The molecule has 0 aromatic carbocycles. The molecule has 2 heterocycles. The molecule has 1 amide bonds. The number of nitrogens with one attached hydrogen (secondary N) is 1. The molecule has 1 aromatic rings.